The first-order valence-electron chi connectivity index (χ1n) is 22.8. The lowest BCUT2D eigenvalue weighted by Gasteiger charge is -2.18. The molecule has 53 heavy (non-hydrogen) atoms. The summed E-state index contributed by atoms with van der Waals surface area (Å²) in [6.07, 6.45) is 45.8. The van der Waals surface area contributed by atoms with Gasteiger partial charge in [0.25, 0.3) is 0 Å². The number of carbonyl (C=O) groups excluding carboxylic acids is 3. The third kappa shape index (κ3) is 40.9. The molecule has 0 aliphatic carbocycles. The second kappa shape index (κ2) is 42.6. The number of esters is 3. The molecule has 0 spiro atoms. The highest BCUT2D eigenvalue weighted by Gasteiger charge is 2.19. The van der Waals surface area contributed by atoms with Gasteiger partial charge in [0.1, 0.15) is 13.2 Å². The quantitative estimate of drug-likeness (QED) is 0.0268. The monoisotopic (exact) mass is 747 g/mol. The van der Waals surface area contributed by atoms with Crippen molar-refractivity contribution in [1.29, 1.82) is 0 Å². The van der Waals surface area contributed by atoms with Gasteiger partial charge in [-0.05, 0) is 64.2 Å². The number of unbranched alkanes of at least 4 members (excludes halogenated alkanes) is 26. The van der Waals surface area contributed by atoms with E-state index in [1.165, 1.54) is 128 Å². The summed E-state index contributed by atoms with van der Waals surface area (Å²) in [5.41, 5.74) is 0. The average molecular weight is 747 g/mol. The predicted molar refractivity (Wildman–Crippen MR) is 224 cm³/mol. The fourth-order valence-electron chi connectivity index (χ4n) is 6.42. The first-order valence-corrected chi connectivity index (χ1v) is 22.8. The Morgan fingerprint density at radius 2 is 0.642 bits per heavy atom. The van der Waals surface area contributed by atoms with Crippen LogP contribution in [0.25, 0.3) is 0 Å². The molecule has 0 heterocycles. The van der Waals surface area contributed by atoms with Crippen LogP contribution in [0.3, 0.4) is 0 Å². The molecule has 0 amide bonds. The summed E-state index contributed by atoms with van der Waals surface area (Å²) in [4.78, 5) is 37.7. The van der Waals surface area contributed by atoms with Crippen molar-refractivity contribution < 1.29 is 28.6 Å². The number of allylic oxidation sites excluding steroid dienone is 4. The Bertz CT molecular complexity index is 865. The van der Waals surface area contributed by atoms with Gasteiger partial charge in [-0.15, -0.1) is 0 Å². The molecule has 0 saturated heterocycles. The van der Waals surface area contributed by atoms with Crippen LogP contribution in [0.5, 0.6) is 0 Å². The maximum Gasteiger partial charge on any atom is 0.306 e. The van der Waals surface area contributed by atoms with E-state index in [4.69, 9.17) is 14.2 Å². The summed E-state index contributed by atoms with van der Waals surface area (Å²) in [7, 11) is 0. The van der Waals surface area contributed by atoms with Crippen molar-refractivity contribution in [1.82, 2.24) is 0 Å². The van der Waals surface area contributed by atoms with E-state index in [1.54, 1.807) is 0 Å². The molecule has 0 aromatic carbocycles. The molecule has 0 aliphatic heterocycles. The minimum atomic E-state index is -0.771. The molecule has 0 aromatic rings. The average Bonchev–Trinajstić information content (AvgIpc) is 3.15. The maximum atomic E-state index is 12.7. The summed E-state index contributed by atoms with van der Waals surface area (Å²) in [5.74, 6) is -0.890. The first-order chi connectivity index (χ1) is 26.0. The van der Waals surface area contributed by atoms with E-state index in [0.717, 1.165) is 70.6 Å². The molecule has 0 radical (unpaired) electrons. The number of hydrogen-bond donors (Lipinski definition) is 0. The van der Waals surface area contributed by atoms with E-state index in [1.807, 2.05) is 0 Å². The summed E-state index contributed by atoms with van der Waals surface area (Å²) in [5, 5.41) is 0. The molecule has 0 unspecified atom stereocenters. The summed E-state index contributed by atoms with van der Waals surface area (Å²) >= 11 is 0. The van der Waals surface area contributed by atoms with Gasteiger partial charge in [-0.3, -0.25) is 14.4 Å². The van der Waals surface area contributed by atoms with Gasteiger partial charge in [0.2, 0.25) is 0 Å². The zero-order chi connectivity index (χ0) is 38.7. The third-order valence-corrected chi connectivity index (χ3v) is 9.93. The van der Waals surface area contributed by atoms with Crippen LogP contribution in [0.15, 0.2) is 24.3 Å². The van der Waals surface area contributed by atoms with Crippen LogP contribution in [0.1, 0.15) is 239 Å². The fraction of sp³-hybridized carbons (Fsp3) is 0.851. The number of rotatable bonds is 41. The van der Waals surface area contributed by atoms with Crippen LogP contribution in [-0.2, 0) is 28.6 Å². The summed E-state index contributed by atoms with van der Waals surface area (Å²) < 4.78 is 16.7. The van der Waals surface area contributed by atoms with Crippen molar-refractivity contribution in [3.8, 4) is 0 Å². The first kappa shape index (κ1) is 50.9. The predicted octanol–water partition coefficient (Wildman–Crippen LogP) is 14.4. The maximum absolute atomic E-state index is 12.7. The van der Waals surface area contributed by atoms with Gasteiger partial charge in [-0.25, -0.2) is 0 Å². The van der Waals surface area contributed by atoms with Crippen LogP contribution < -0.4 is 0 Å². The molecule has 0 bridgehead atoms. The van der Waals surface area contributed by atoms with E-state index >= 15 is 0 Å². The van der Waals surface area contributed by atoms with Crippen molar-refractivity contribution in [2.45, 2.75) is 245 Å². The Morgan fingerprint density at radius 3 is 1.02 bits per heavy atom. The lowest BCUT2D eigenvalue weighted by Crippen LogP contribution is -2.30. The highest BCUT2D eigenvalue weighted by Crippen LogP contribution is 2.14. The van der Waals surface area contributed by atoms with Crippen LogP contribution >= 0.6 is 0 Å². The van der Waals surface area contributed by atoms with Gasteiger partial charge >= 0.3 is 17.9 Å². The molecule has 6 nitrogen and oxygen atoms in total. The zero-order valence-corrected chi connectivity index (χ0v) is 35.3. The molecule has 1 atom stereocenters. The van der Waals surface area contributed by atoms with E-state index in [-0.39, 0.29) is 31.1 Å². The molecule has 0 saturated carbocycles. The molecule has 6 heteroatoms. The van der Waals surface area contributed by atoms with Gasteiger partial charge < -0.3 is 14.2 Å². The van der Waals surface area contributed by atoms with Crippen LogP contribution in [0.2, 0.25) is 0 Å². The SMILES string of the molecule is CCCC/C=C\CCCCCCCC(=O)OC[C@H](COC(=O)CCCCCCCCCCCCC)OC(=O)CCCCCCC/C=C\CCCCCC. The Balaban J connectivity index is 4.38. The molecule has 0 N–H and O–H groups in total. The van der Waals surface area contributed by atoms with Gasteiger partial charge in [0.15, 0.2) is 6.10 Å². The number of ether oxygens (including phenoxy) is 3. The Kier molecular flexibility index (Phi) is 40.9. The van der Waals surface area contributed by atoms with E-state index in [2.05, 4.69) is 45.1 Å². The number of carbonyl (C=O) groups is 3. The van der Waals surface area contributed by atoms with Crippen LogP contribution in [0, 0.1) is 0 Å². The van der Waals surface area contributed by atoms with Gasteiger partial charge in [0, 0.05) is 19.3 Å². The molecule has 0 aromatic heterocycles. The third-order valence-electron chi connectivity index (χ3n) is 9.93. The molecule has 0 aliphatic rings. The molecule has 0 rings (SSSR count). The van der Waals surface area contributed by atoms with Crippen molar-refractivity contribution in [3.05, 3.63) is 24.3 Å². The second-order valence-corrected chi connectivity index (χ2v) is 15.3. The fourth-order valence-corrected chi connectivity index (χ4v) is 6.42. The summed E-state index contributed by atoms with van der Waals surface area (Å²) in [6, 6.07) is 0. The van der Waals surface area contributed by atoms with Crippen molar-refractivity contribution in [3.63, 3.8) is 0 Å². The van der Waals surface area contributed by atoms with Crippen molar-refractivity contribution in [2.24, 2.45) is 0 Å². The van der Waals surface area contributed by atoms with Gasteiger partial charge in [-0.1, -0.05) is 180 Å². The normalized spacial score (nSPS) is 12.1. The highest BCUT2D eigenvalue weighted by molar-refractivity contribution is 5.71. The van der Waals surface area contributed by atoms with Crippen LogP contribution in [-0.4, -0.2) is 37.2 Å². The second-order valence-electron chi connectivity index (χ2n) is 15.3. The minimum absolute atomic E-state index is 0.0745. The highest BCUT2D eigenvalue weighted by atomic mass is 16.6. The molecular formula is C47H86O6. The van der Waals surface area contributed by atoms with E-state index in [0.29, 0.717) is 19.3 Å². The molecular weight excluding hydrogens is 661 g/mol. The van der Waals surface area contributed by atoms with Crippen LogP contribution in [0.4, 0.5) is 0 Å². The van der Waals surface area contributed by atoms with E-state index < -0.39 is 6.10 Å². The molecule has 310 valence electrons. The Labute approximate surface area is 328 Å². The van der Waals surface area contributed by atoms with Gasteiger partial charge in [-0.2, -0.15) is 0 Å². The smallest absolute Gasteiger partial charge is 0.306 e. The Morgan fingerprint density at radius 1 is 0.358 bits per heavy atom. The summed E-state index contributed by atoms with van der Waals surface area (Å²) in [6.45, 7) is 6.56. The van der Waals surface area contributed by atoms with E-state index in [9.17, 15) is 14.4 Å². The minimum Gasteiger partial charge on any atom is -0.462 e. The topological polar surface area (TPSA) is 78.9 Å². The Hall–Kier alpha value is -2.11. The lowest BCUT2D eigenvalue weighted by atomic mass is 10.1. The zero-order valence-electron chi connectivity index (χ0n) is 35.3. The lowest BCUT2D eigenvalue weighted by molar-refractivity contribution is -0.167. The molecule has 0 fully saturated rings. The largest absolute Gasteiger partial charge is 0.462 e. The van der Waals surface area contributed by atoms with Crippen molar-refractivity contribution in [2.75, 3.05) is 13.2 Å². The standard InChI is InChI=1S/C47H86O6/c1-4-7-10-13-16-19-22-23-26-29-32-35-38-41-47(50)53-44(42-51-45(48)39-36-33-30-27-24-20-17-14-11-8-5-2)43-52-46(49)40-37-34-31-28-25-21-18-15-12-9-6-3/h14,17,19,22,44H,4-13,15-16,18,20-21,23-43H2,1-3H3/b17-14-,22-19-/t44-/m1/s1. The van der Waals surface area contributed by atoms with Gasteiger partial charge in [0.05, 0.1) is 0 Å². The van der Waals surface area contributed by atoms with Crippen molar-refractivity contribution >= 4 is 17.9 Å². The number of hydrogen-bond acceptors (Lipinski definition) is 6.